The molecule has 0 amide bonds. The van der Waals surface area contributed by atoms with E-state index in [0.29, 0.717) is 11.5 Å². The number of methoxy groups -OCH3 is 1. The SMILES string of the molecule is COC(=O)C(C)Nc1nc(C)cc2c(N)cccc12. The molecule has 0 aliphatic carbocycles. The van der Waals surface area contributed by atoms with Crippen LogP contribution in [0.2, 0.25) is 0 Å². The fourth-order valence-corrected chi connectivity index (χ4v) is 1.98. The number of hydrogen-bond donors (Lipinski definition) is 2. The maximum atomic E-state index is 11.5. The van der Waals surface area contributed by atoms with Crippen molar-refractivity contribution in [3.8, 4) is 0 Å². The summed E-state index contributed by atoms with van der Waals surface area (Å²) in [5.41, 5.74) is 7.49. The van der Waals surface area contributed by atoms with Gasteiger partial charge in [-0.2, -0.15) is 0 Å². The van der Waals surface area contributed by atoms with Crippen molar-refractivity contribution in [1.82, 2.24) is 4.98 Å². The zero-order valence-corrected chi connectivity index (χ0v) is 11.2. The summed E-state index contributed by atoms with van der Waals surface area (Å²) in [6.07, 6.45) is 0. The topological polar surface area (TPSA) is 77.2 Å². The first-order valence-electron chi connectivity index (χ1n) is 6.03. The summed E-state index contributed by atoms with van der Waals surface area (Å²) in [7, 11) is 1.36. The monoisotopic (exact) mass is 259 g/mol. The van der Waals surface area contributed by atoms with E-state index in [0.717, 1.165) is 16.5 Å². The van der Waals surface area contributed by atoms with Crippen LogP contribution >= 0.6 is 0 Å². The second kappa shape index (κ2) is 5.14. The van der Waals surface area contributed by atoms with Crippen molar-refractivity contribution in [3.05, 3.63) is 30.0 Å². The van der Waals surface area contributed by atoms with E-state index >= 15 is 0 Å². The summed E-state index contributed by atoms with van der Waals surface area (Å²) in [6.45, 7) is 3.62. The lowest BCUT2D eigenvalue weighted by atomic mass is 10.1. The second-order valence-electron chi connectivity index (χ2n) is 4.44. The minimum absolute atomic E-state index is 0.333. The van der Waals surface area contributed by atoms with Gasteiger partial charge in [-0.05, 0) is 26.0 Å². The van der Waals surface area contributed by atoms with Gasteiger partial charge in [0.2, 0.25) is 0 Å². The molecule has 0 fully saturated rings. The predicted octanol–water partition coefficient (Wildman–Crippen LogP) is 2.10. The summed E-state index contributed by atoms with van der Waals surface area (Å²) in [4.78, 5) is 15.9. The Morgan fingerprint density at radius 2 is 2.16 bits per heavy atom. The Balaban J connectivity index is 2.48. The molecule has 19 heavy (non-hydrogen) atoms. The molecule has 2 aromatic rings. The van der Waals surface area contributed by atoms with E-state index in [-0.39, 0.29) is 5.97 Å². The largest absolute Gasteiger partial charge is 0.467 e. The van der Waals surface area contributed by atoms with Gasteiger partial charge in [-0.1, -0.05) is 12.1 Å². The molecule has 1 aromatic carbocycles. The highest BCUT2D eigenvalue weighted by Crippen LogP contribution is 2.27. The smallest absolute Gasteiger partial charge is 0.328 e. The molecule has 0 aliphatic heterocycles. The predicted molar refractivity (Wildman–Crippen MR) is 76.0 cm³/mol. The molecular formula is C14H17N3O2. The number of carbonyl (C=O) groups excluding carboxylic acids is 1. The fourth-order valence-electron chi connectivity index (χ4n) is 1.98. The molecular weight excluding hydrogens is 242 g/mol. The van der Waals surface area contributed by atoms with Gasteiger partial charge >= 0.3 is 5.97 Å². The number of benzene rings is 1. The van der Waals surface area contributed by atoms with Gasteiger partial charge in [0.05, 0.1) is 7.11 Å². The first-order chi connectivity index (χ1) is 9.02. The third-order valence-electron chi connectivity index (χ3n) is 2.94. The van der Waals surface area contributed by atoms with E-state index in [2.05, 4.69) is 10.3 Å². The lowest BCUT2D eigenvalue weighted by molar-refractivity contribution is -0.141. The number of ether oxygens (including phenoxy) is 1. The van der Waals surface area contributed by atoms with Crippen LogP contribution in [0.1, 0.15) is 12.6 Å². The van der Waals surface area contributed by atoms with Crippen molar-refractivity contribution < 1.29 is 9.53 Å². The van der Waals surface area contributed by atoms with E-state index in [1.54, 1.807) is 6.92 Å². The van der Waals surface area contributed by atoms with E-state index in [1.165, 1.54) is 7.11 Å². The highest BCUT2D eigenvalue weighted by molar-refractivity contribution is 6.00. The molecule has 0 radical (unpaired) electrons. The number of hydrogen-bond acceptors (Lipinski definition) is 5. The minimum atomic E-state index is -0.469. The Bertz CT molecular complexity index is 625. The third-order valence-corrected chi connectivity index (χ3v) is 2.94. The number of esters is 1. The van der Waals surface area contributed by atoms with Crippen LogP contribution < -0.4 is 11.1 Å². The van der Waals surface area contributed by atoms with Gasteiger partial charge in [0.25, 0.3) is 0 Å². The number of carbonyl (C=O) groups is 1. The number of fused-ring (bicyclic) bond motifs is 1. The van der Waals surface area contributed by atoms with Crippen LogP contribution in [0.4, 0.5) is 11.5 Å². The molecule has 1 aromatic heterocycles. The number of nitrogens with one attached hydrogen (secondary N) is 1. The molecule has 0 bridgehead atoms. The molecule has 0 saturated heterocycles. The lowest BCUT2D eigenvalue weighted by Crippen LogP contribution is -2.27. The van der Waals surface area contributed by atoms with Gasteiger partial charge in [0, 0.05) is 22.2 Å². The van der Waals surface area contributed by atoms with Gasteiger partial charge in [-0.25, -0.2) is 9.78 Å². The quantitative estimate of drug-likeness (QED) is 0.652. The number of nitrogens with zero attached hydrogens (tertiary/aromatic N) is 1. The zero-order valence-electron chi connectivity index (χ0n) is 11.2. The molecule has 5 heteroatoms. The molecule has 0 spiro atoms. The Labute approximate surface area is 111 Å². The van der Waals surface area contributed by atoms with Crippen LogP contribution in [0, 0.1) is 6.92 Å². The zero-order chi connectivity index (χ0) is 14.0. The van der Waals surface area contributed by atoms with Gasteiger partial charge in [0.1, 0.15) is 11.9 Å². The van der Waals surface area contributed by atoms with E-state index in [4.69, 9.17) is 10.5 Å². The van der Waals surface area contributed by atoms with Crippen LogP contribution in [0.15, 0.2) is 24.3 Å². The first-order valence-corrected chi connectivity index (χ1v) is 6.03. The number of anilines is 2. The van der Waals surface area contributed by atoms with Crippen molar-refractivity contribution in [3.63, 3.8) is 0 Å². The lowest BCUT2D eigenvalue weighted by Gasteiger charge is -2.15. The average molecular weight is 259 g/mol. The Kier molecular flexibility index (Phi) is 3.55. The van der Waals surface area contributed by atoms with Crippen LogP contribution in [0.5, 0.6) is 0 Å². The third kappa shape index (κ3) is 2.59. The number of aryl methyl sites for hydroxylation is 1. The Morgan fingerprint density at radius 3 is 2.84 bits per heavy atom. The summed E-state index contributed by atoms with van der Waals surface area (Å²) in [5, 5.41) is 4.88. The maximum absolute atomic E-state index is 11.5. The Hall–Kier alpha value is -2.30. The fraction of sp³-hybridized carbons (Fsp3) is 0.286. The molecule has 0 saturated carbocycles. The molecule has 1 unspecified atom stereocenters. The van der Waals surface area contributed by atoms with Gasteiger partial charge < -0.3 is 15.8 Å². The standard InChI is InChI=1S/C14H17N3O2/c1-8-7-11-10(5-4-6-12(11)15)13(16-8)17-9(2)14(18)19-3/h4-7,9H,15H2,1-3H3,(H,16,17). The molecule has 1 atom stereocenters. The van der Waals surface area contributed by atoms with E-state index < -0.39 is 6.04 Å². The number of nitrogen functional groups attached to an aromatic ring is 1. The number of nitrogens with two attached hydrogens (primary N) is 1. The molecule has 1 heterocycles. The maximum Gasteiger partial charge on any atom is 0.328 e. The molecule has 3 N–H and O–H groups in total. The van der Waals surface area contributed by atoms with Crippen LogP contribution in [-0.4, -0.2) is 24.1 Å². The molecule has 0 aliphatic rings. The van der Waals surface area contributed by atoms with Gasteiger partial charge in [-0.3, -0.25) is 0 Å². The summed E-state index contributed by atoms with van der Waals surface area (Å²) < 4.78 is 4.70. The molecule has 100 valence electrons. The summed E-state index contributed by atoms with van der Waals surface area (Å²) in [6, 6.07) is 7.09. The van der Waals surface area contributed by atoms with Gasteiger partial charge in [0.15, 0.2) is 0 Å². The van der Waals surface area contributed by atoms with Crippen molar-refractivity contribution in [2.45, 2.75) is 19.9 Å². The average Bonchev–Trinajstić information content (AvgIpc) is 2.39. The Morgan fingerprint density at radius 1 is 1.42 bits per heavy atom. The highest BCUT2D eigenvalue weighted by Gasteiger charge is 2.15. The van der Waals surface area contributed by atoms with Crippen molar-refractivity contribution in [2.24, 2.45) is 0 Å². The van der Waals surface area contributed by atoms with Crippen molar-refractivity contribution in [1.29, 1.82) is 0 Å². The van der Waals surface area contributed by atoms with E-state index in [1.807, 2.05) is 31.2 Å². The normalized spacial score (nSPS) is 12.2. The highest BCUT2D eigenvalue weighted by atomic mass is 16.5. The minimum Gasteiger partial charge on any atom is -0.467 e. The second-order valence-corrected chi connectivity index (χ2v) is 4.44. The van der Waals surface area contributed by atoms with Crippen molar-refractivity contribution in [2.75, 3.05) is 18.2 Å². The number of aromatic nitrogens is 1. The summed E-state index contributed by atoms with van der Waals surface area (Å²) >= 11 is 0. The molecule has 2 rings (SSSR count). The first kappa shape index (κ1) is 13.1. The van der Waals surface area contributed by atoms with Gasteiger partial charge in [-0.15, -0.1) is 0 Å². The molecule has 5 nitrogen and oxygen atoms in total. The number of pyridine rings is 1. The van der Waals surface area contributed by atoms with Crippen LogP contribution in [0.3, 0.4) is 0 Å². The van der Waals surface area contributed by atoms with Crippen LogP contribution in [0.25, 0.3) is 10.8 Å². The summed E-state index contributed by atoms with van der Waals surface area (Å²) in [5.74, 6) is 0.306. The van der Waals surface area contributed by atoms with Crippen molar-refractivity contribution >= 4 is 28.2 Å². The van der Waals surface area contributed by atoms with Crippen LogP contribution in [-0.2, 0) is 9.53 Å². The number of rotatable bonds is 3. The van der Waals surface area contributed by atoms with E-state index in [9.17, 15) is 4.79 Å².